The summed E-state index contributed by atoms with van der Waals surface area (Å²) in [6.07, 6.45) is 3.63. The average Bonchev–Trinajstić information content (AvgIpc) is 2.75. The van der Waals surface area contributed by atoms with Crippen LogP contribution in [0, 0.1) is 0 Å². The molecule has 1 saturated carbocycles. The highest BCUT2D eigenvalue weighted by atomic mass is 16.5. The van der Waals surface area contributed by atoms with E-state index in [0.717, 1.165) is 25.7 Å². The molecule has 0 unspecified atom stereocenters. The van der Waals surface area contributed by atoms with E-state index >= 15 is 0 Å². The first kappa shape index (κ1) is 14.8. The minimum atomic E-state index is -0.643. The van der Waals surface area contributed by atoms with Crippen LogP contribution in [0.2, 0.25) is 0 Å². The monoisotopic (exact) mass is 258 g/mol. The highest BCUT2D eigenvalue weighted by Gasteiger charge is 2.30. The number of methoxy groups -OCH3 is 1. The Hall–Kier alpha value is -1.30. The van der Waals surface area contributed by atoms with Crippen LogP contribution < -0.4 is 10.6 Å². The molecule has 0 heterocycles. The third kappa shape index (κ3) is 4.52. The van der Waals surface area contributed by atoms with Crippen molar-refractivity contribution in [2.75, 3.05) is 13.7 Å². The van der Waals surface area contributed by atoms with Gasteiger partial charge in [0.25, 0.3) is 0 Å². The fourth-order valence-electron chi connectivity index (χ4n) is 2.16. The van der Waals surface area contributed by atoms with Crippen LogP contribution in [-0.2, 0) is 9.53 Å². The van der Waals surface area contributed by atoms with Crippen molar-refractivity contribution in [3.05, 3.63) is 0 Å². The van der Waals surface area contributed by atoms with Gasteiger partial charge >= 0.3 is 6.09 Å². The molecule has 0 spiro atoms. The van der Waals surface area contributed by atoms with Crippen molar-refractivity contribution >= 4 is 12.0 Å². The van der Waals surface area contributed by atoms with E-state index in [1.807, 2.05) is 0 Å². The first-order valence-electron chi connectivity index (χ1n) is 6.31. The second kappa shape index (κ2) is 6.58. The average molecular weight is 258 g/mol. The molecular formula is C12H22N2O4. The van der Waals surface area contributed by atoms with E-state index in [1.54, 1.807) is 6.92 Å². The number of ether oxygens (including phenoxy) is 1. The molecular weight excluding hydrogens is 236 g/mol. The Labute approximate surface area is 107 Å². The Morgan fingerprint density at radius 1 is 1.39 bits per heavy atom. The summed E-state index contributed by atoms with van der Waals surface area (Å²) in [5.41, 5.74) is -0.619. The SMILES string of the molecule is COC(=O)N[C@@H](C)C(=O)NCCC1(O)CCCC1. The molecule has 6 nitrogen and oxygen atoms in total. The molecule has 1 aliphatic carbocycles. The van der Waals surface area contributed by atoms with E-state index in [4.69, 9.17) is 0 Å². The van der Waals surface area contributed by atoms with Gasteiger partial charge in [0.15, 0.2) is 0 Å². The third-order valence-electron chi connectivity index (χ3n) is 3.34. The van der Waals surface area contributed by atoms with Crippen molar-refractivity contribution in [1.29, 1.82) is 0 Å². The van der Waals surface area contributed by atoms with Crippen molar-refractivity contribution in [1.82, 2.24) is 10.6 Å². The van der Waals surface area contributed by atoms with Crippen molar-refractivity contribution in [3.8, 4) is 0 Å². The fraction of sp³-hybridized carbons (Fsp3) is 0.833. The summed E-state index contributed by atoms with van der Waals surface area (Å²) in [5, 5.41) is 15.2. The molecule has 3 N–H and O–H groups in total. The number of carbonyl (C=O) groups excluding carboxylic acids is 2. The van der Waals surface area contributed by atoms with E-state index in [1.165, 1.54) is 7.11 Å². The van der Waals surface area contributed by atoms with Gasteiger partial charge in [0, 0.05) is 6.54 Å². The molecule has 1 atom stereocenters. The van der Waals surface area contributed by atoms with Crippen LogP contribution >= 0.6 is 0 Å². The largest absolute Gasteiger partial charge is 0.453 e. The Morgan fingerprint density at radius 3 is 2.56 bits per heavy atom. The van der Waals surface area contributed by atoms with Crippen LogP contribution in [0.25, 0.3) is 0 Å². The van der Waals surface area contributed by atoms with Crippen LogP contribution in [-0.4, -0.2) is 42.4 Å². The molecule has 0 aliphatic heterocycles. The second-order valence-electron chi connectivity index (χ2n) is 4.83. The zero-order valence-corrected chi connectivity index (χ0v) is 11.0. The van der Waals surface area contributed by atoms with Gasteiger partial charge in [0.05, 0.1) is 12.7 Å². The van der Waals surface area contributed by atoms with Crippen molar-refractivity contribution in [3.63, 3.8) is 0 Å². The van der Waals surface area contributed by atoms with Crippen molar-refractivity contribution in [2.45, 2.75) is 50.7 Å². The lowest BCUT2D eigenvalue weighted by atomic mass is 9.98. The first-order valence-corrected chi connectivity index (χ1v) is 6.31. The summed E-state index contributed by atoms with van der Waals surface area (Å²) >= 11 is 0. The molecule has 0 radical (unpaired) electrons. The maximum atomic E-state index is 11.6. The summed E-state index contributed by atoms with van der Waals surface area (Å²) in [7, 11) is 1.25. The van der Waals surface area contributed by atoms with Gasteiger partial charge in [0.1, 0.15) is 6.04 Å². The number of rotatable bonds is 5. The predicted octanol–water partition coefficient (Wildman–Crippen LogP) is 0.542. The molecule has 18 heavy (non-hydrogen) atoms. The molecule has 1 aliphatic rings. The number of hydrogen-bond acceptors (Lipinski definition) is 4. The van der Waals surface area contributed by atoms with E-state index in [0.29, 0.717) is 13.0 Å². The Kier molecular flexibility index (Phi) is 5.40. The molecule has 0 bridgehead atoms. The van der Waals surface area contributed by atoms with Crippen LogP contribution in [0.3, 0.4) is 0 Å². The molecule has 2 amide bonds. The zero-order valence-electron chi connectivity index (χ0n) is 11.0. The van der Waals surface area contributed by atoms with Gasteiger partial charge in [-0.05, 0) is 26.2 Å². The minimum absolute atomic E-state index is 0.276. The van der Waals surface area contributed by atoms with Crippen LogP contribution in [0.1, 0.15) is 39.0 Å². The molecule has 0 aromatic carbocycles. The van der Waals surface area contributed by atoms with E-state index in [-0.39, 0.29) is 5.91 Å². The van der Waals surface area contributed by atoms with Gasteiger partial charge in [-0.15, -0.1) is 0 Å². The molecule has 0 saturated heterocycles. The molecule has 6 heteroatoms. The van der Waals surface area contributed by atoms with E-state index < -0.39 is 17.7 Å². The molecule has 1 rings (SSSR count). The Bertz CT molecular complexity index is 300. The summed E-state index contributed by atoms with van der Waals surface area (Å²) < 4.78 is 4.40. The van der Waals surface area contributed by atoms with Gasteiger partial charge < -0.3 is 20.5 Å². The second-order valence-corrected chi connectivity index (χ2v) is 4.83. The molecule has 0 aromatic heterocycles. The van der Waals surface area contributed by atoms with Crippen LogP contribution in [0.5, 0.6) is 0 Å². The maximum absolute atomic E-state index is 11.6. The fourth-order valence-corrected chi connectivity index (χ4v) is 2.16. The number of alkyl carbamates (subject to hydrolysis) is 1. The summed E-state index contributed by atoms with van der Waals surface area (Å²) in [4.78, 5) is 22.5. The third-order valence-corrected chi connectivity index (χ3v) is 3.34. The summed E-state index contributed by atoms with van der Waals surface area (Å²) in [6, 6.07) is -0.643. The Morgan fingerprint density at radius 2 is 2.00 bits per heavy atom. The lowest BCUT2D eigenvalue weighted by Crippen LogP contribution is -2.45. The zero-order chi connectivity index (χ0) is 13.6. The van der Waals surface area contributed by atoms with Gasteiger partial charge in [-0.25, -0.2) is 4.79 Å². The van der Waals surface area contributed by atoms with Crippen molar-refractivity contribution < 1.29 is 19.4 Å². The van der Waals surface area contributed by atoms with E-state index in [2.05, 4.69) is 15.4 Å². The quantitative estimate of drug-likeness (QED) is 0.671. The van der Waals surface area contributed by atoms with Gasteiger partial charge in [-0.2, -0.15) is 0 Å². The van der Waals surface area contributed by atoms with Crippen molar-refractivity contribution in [2.24, 2.45) is 0 Å². The van der Waals surface area contributed by atoms with Crippen LogP contribution in [0.15, 0.2) is 0 Å². The minimum Gasteiger partial charge on any atom is -0.453 e. The standard InChI is InChI=1S/C12H22N2O4/c1-9(14-11(16)18-2)10(15)13-8-7-12(17)5-3-4-6-12/h9,17H,3-8H2,1-2H3,(H,13,15)(H,14,16)/t9-/m0/s1. The van der Waals surface area contributed by atoms with Gasteiger partial charge in [-0.3, -0.25) is 4.79 Å². The number of hydrogen-bond donors (Lipinski definition) is 3. The lowest BCUT2D eigenvalue weighted by molar-refractivity contribution is -0.122. The van der Waals surface area contributed by atoms with Gasteiger partial charge in [0.2, 0.25) is 5.91 Å². The molecule has 1 fully saturated rings. The normalized spacial score (nSPS) is 19.1. The number of nitrogens with one attached hydrogen (secondary N) is 2. The predicted molar refractivity (Wildman–Crippen MR) is 66.0 cm³/mol. The highest BCUT2D eigenvalue weighted by molar-refractivity contribution is 5.85. The lowest BCUT2D eigenvalue weighted by Gasteiger charge is -2.22. The number of carbonyl (C=O) groups is 2. The summed E-state index contributed by atoms with van der Waals surface area (Å²) in [6.45, 7) is 2.00. The Balaban J connectivity index is 2.22. The molecule has 0 aromatic rings. The first-order chi connectivity index (χ1) is 8.47. The number of aliphatic hydroxyl groups is 1. The molecule has 104 valence electrons. The topological polar surface area (TPSA) is 87.7 Å². The van der Waals surface area contributed by atoms with E-state index in [9.17, 15) is 14.7 Å². The number of amides is 2. The smallest absolute Gasteiger partial charge is 0.407 e. The van der Waals surface area contributed by atoms with Gasteiger partial charge in [-0.1, -0.05) is 12.8 Å². The maximum Gasteiger partial charge on any atom is 0.407 e. The highest BCUT2D eigenvalue weighted by Crippen LogP contribution is 2.31. The van der Waals surface area contributed by atoms with Crippen LogP contribution in [0.4, 0.5) is 4.79 Å². The summed E-state index contributed by atoms with van der Waals surface area (Å²) in [5.74, 6) is -0.276.